The fourth-order valence-corrected chi connectivity index (χ4v) is 1.79. The summed E-state index contributed by atoms with van der Waals surface area (Å²) in [7, 11) is 0. The minimum absolute atomic E-state index is 0.566. The minimum Gasteiger partial charge on any atom is -0.493 e. The molecular weight excluding hydrogens is 226 g/mol. The summed E-state index contributed by atoms with van der Waals surface area (Å²) in [4.78, 5) is 0. The van der Waals surface area contributed by atoms with E-state index in [2.05, 4.69) is 20.8 Å². The Balaban J connectivity index is 2.56. The highest BCUT2D eigenvalue weighted by molar-refractivity contribution is 5.50. The third-order valence-electron chi connectivity index (χ3n) is 2.69. The lowest BCUT2D eigenvalue weighted by atomic mass is 10.1. The maximum Gasteiger partial charge on any atom is 0.125 e. The molecule has 3 heteroatoms. The van der Waals surface area contributed by atoms with E-state index in [1.807, 2.05) is 18.2 Å². The molecule has 0 aliphatic heterocycles. The fourth-order valence-electron chi connectivity index (χ4n) is 1.79. The van der Waals surface area contributed by atoms with Gasteiger partial charge >= 0.3 is 0 Å². The molecule has 1 atom stereocenters. The van der Waals surface area contributed by atoms with Crippen molar-refractivity contribution < 1.29 is 9.47 Å². The SMILES string of the molecule is CCCOc1cc(N)cc(OCC(C)CCC)c1. The quantitative estimate of drug-likeness (QED) is 0.713. The number of nitrogen functional groups attached to an aromatic ring is 1. The molecule has 0 spiro atoms. The second-order valence-electron chi connectivity index (χ2n) is 4.79. The molecule has 102 valence electrons. The molecule has 0 amide bonds. The molecule has 0 heterocycles. The number of rotatable bonds is 8. The molecule has 0 radical (unpaired) electrons. The van der Waals surface area contributed by atoms with Crippen molar-refractivity contribution in [3.8, 4) is 11.5 Å². The molecule has 1 rings (SSSR count). The van der Waals surface area contributed by atoms with Crippen molar-refractivity contribution in [1.82, 2.24) is 0 Å². The van der Waals surface area contributed by atoms with Crippen molar-refractivity contribution >= 4 is 5.69 Å². The summed E-state index contributed by atoms with van der Waals surface area (Å²) < 4.78 is 11.3. The average molecular weight is 251 g/mol. The van der Waals surface area contributed by atoms with Gasteiger partial charge in [-0.25, -0.2) is 0 Å². The molecule has 0 saturated heterocycles. The van der Waals surface area contributed by atoms with Gasteiger partial charge in [0.25, 0.3) is 0 Å². The van der Waals surface area contributed by atoms with Crippen molar-refractivity contribution in [2.24, 2.45) is 5.92 Å². The molecule has 0 aliphatic carbocycles. The summed E-state index contributed by atoms with van der Waals surface area (Å²) in [5, 5.41) is 0. The second kappa shape index (κ2) is 7.85. The smallest absolute Gasteiger partial charge is 0.125 e. The molecular formula is C15H25NO2. The van der Waals surface area contributed by atoms with Gasteiger partial charge in [0.15, 0.2) is 0 Å². The first-order valence-corrected chi connectivity index (χ1v) is 6.81. The first-order chi connectivity index (χ1) is 8.65. The number of anilines is 1. The molecule has 3 nitrogen and oxygen atoms in total. The van der Waals surface area contributed by atoms with Crippen molar-refractivity contribution in [2.45, 2.75) is 40.0 Å². The van der Waals surface area contributed by atoms with E-state index in [0.29, 0.717) is 18.2 Å². The molecule has 0 saturated carbocycles. The van der Waals surface area contributed by atoms with Crippen LogP contribution in [0.3, 0.4) is 0 Å². The molecule has 18 heavy (non-hydrogen) atoms. The number of nitrogens with two attached hydrogens (primary N) is 1. The highest BCUT2D eigenvalue weighted by Gasteiger charge is 2.04. The Hall–Kier alpha value is -1.38. The van der Waals surface area contributed by atoms with E-state index in [-0.39, 0.29) is 0 Å². The fraction of sp³-hybridized carbons (Fsp3) is 0.600. The molecule has 1 aromatic carbocycles. The molecule has 2 N–H and O–H groups in total. The Morgan fingerprint density at radius 3 is 2.33 bits per heavy atom. The van der Waals surface area contributed by atoms with Gasteiger partial charge in [-0.2, -0.15) is 0 Å². The van der Waals surface area contributed by atoms with Crippen LogP contribution in [0.2, 0.25) is 0 Å². The summed E-state index contributed by atoms with van der Waals surface area (Å²) in [6, 6.07) is 5.58. The molecule has 1 unspecified atom stereocenters. The predicted octanol–water partition coefficient (Wildman–Crippen LogP) is 3.87. The Bertz CT molecular complexity index is 352. The Morgan fingerprint density at radius 2 is 1.72 bits per heavy atom. The van der Waals surface area contributed by atoms with Gasteiger partial charge in [-0.3, -0.25) is 0 Å². The maximum absolute atomic E-state index is 5.84. The van der Waals surface area contributed by atoms with Crippen LogP contribution in [0.4, 0.5) is 5.69 Å². The molecule has 1 aromatic rings. The van der Waals surface area contributed by atoms with Crippen LogP contribution >= 0.6 is 0 Å². The van der Waals surface area contributed by atoms with Crippen LogP contribution in [0.25, 0.3) is 0 Å². The highest BCUT2D eigenvalue weighted by atomic mass is 16.5. The lowest BCUT2D eigenvalue weighted by molar-refractivity contribution is 0.249. The Labute approximate surface area is 110 Å². The van der Waals surface area contributed by atoms with Crippen molar-refractivity contribution in [1.29, 1.82) is 0 Å². The van der Waals surface area contributed by atoms with Gasteiger partial charge in [0.2, 0.25) is 0 Å². The van der Waals surface area contributed by atoms with Gasteiger partial charge in [-0.05, 0) is 18.8 Å². The van der Waals surface area contributed by atoms with E-state index in [0.717, 1.165) is 24.5 Å². The lowest BCUT2D eigenvalue weighted by Gasteiger charge is -2.14. The zero-order chi connectivity index (χ0) is 13.4. The molecule has 0 aliphatic rings. The van der Waals surface area contributed by atoms with Crippen LogP contribution in [-0.4, -0.2) is 13.2 Å². The van der Waals surface area contributed by atoms with Gasteiger partial charge in [-0.1, -0.05) is 27.2 Å². The summed E-state index contributed by atoms with van der Waals surface area (Å²) >= 11 is 0. The van der Waals surface area contributed by atoms with Gasteiger partial charge in [0, 0.05) is 23.9 Å². The highest BCUT2D eigenvalue weighted by Crippen LogP contribution is 2.25. The van der Waals surface area contributed by atoms with Crippen LogP contribution in [0.5, 0.6) is 11.5 Å². The summed E-state index contributed by atoms with van der Waals surface area (Å²) in [6.07, 6.45) is 3.35. The maximum atomic E-state index is 5.84. The third kappa shape index (κ3) is 5.30. The Kier molecular flexibility index (Phi) is 6.40. The first-order valence-electron chi connectivity index (χ1n) is 6.81. The third-order valence-corrected chi connectivity index (χ3v) is 2.69. The van der Waals surface area contributed by atoms with Gasteiger partial charge in [-0.15, -0.1) is 0 Å². The van der Waals surface area contributed by atoms with E-state index in [9.17, 15) is 0 Å². The monoisotopic (exact) mass is 251 g/mol. The average Bonchev–Trinajstić information content (AvgIpc) is 2.34. The van der Waals surface area contributed by atoms with Crippen molar-refractivity contribution in [3.63, 3.8) is 0 Å². The number of hydrogen-bond donors (Lipinski definition) is 1. The number of benzene rings is 1. The summed E-state index contributed by atoms with van der Waals surface area (Å²) in [5.41, 5.74) is 6.52. The normalized spacial score (nSPS) is 12.2. The Morgan fingerprint density at radius 1 is 1.06 bits per heavy atom. The number of ether oxygens (including phenoxy) is 2. The second-order valence-corrected chi connectivity index (χ2v) is 4.79. The van der Waals surface area contributed by atoms with Gasteiger partial charge in [0.05, 0.1) is 13.2 Å². The molecule has 0 bridgehead atoms. The summed E-state index contributed by atoms with van der Waals surface area (Å²) in [5.74, 6) is 2.15. The van der Waals surface area contributed by atoms with Crippen LogP contribution in [-0.2, 0) is 0 Å². The number of hydrogen-bond acceptors (Lipinski definition) is 3. The zero-order valence-corrected chi connectivity index (χ0v) is 11.7. The van der Waals surface area contributed by atoms with E-state index in [1.165, 1.54) is 12.8 Å². The standard InChI is InChI=1S/C15H25NO2/c1-4-6-12(3)11-18-15-9-13(16)8-14(10-15)17-7-5-2/h8-10,12H,4-7,11,16H2,1-3H3. The van der Waals surface area contributed by atoms with Gasteiger partial charge < -0.3 is 15.2 Å². The first kappa shape index (κ1) is 14.7. The molecule has 0 fully saturated rings. The van der Waals surface area contributed by atoms with Gasteiger partial charge in [0.1, 0.15) is 11.5 Å². The summed E-state index contributed by atoms with van der Waals surface area (Å²) in [6.45, 7) is 7.90. The van der Waals surface area contributed by atoms with Crippen molar-refractivity contribution in [3.05, 3.63) is 18.2 Å². The van der Waals surface area contributed by atoms with E-state index in [4.69, 9.17) is 15.2 Å². The van der Waals surface area contributed by atoms with Crippen molar-refractivity contribution in [2.75, 3.05) is 18.9 Å². The van der Waals surface area contributed by atoms with Crippen LogP contribution in [0.15, 0.2) is 18.2 Å². The van der Waals surface area contributed by atoms with Crippen LogP contribution in [0.1, 0.15) is 40.0 Å². The molecule has 0 aromatic heterocycles. The van der Waals surface area contributed by atoms with Crippen LogP contribution in [0, 0.1) is 5.92 Å². The lowest BCUT2D eigenvalue weighted by Crippen LogP contribution is -2.08. The largest absolute Gasteiger partial charge is 0.493 e. The van der Waals surface area contributed by atoms with E-state index < -0.39 is 0 Å². The van der Waals surface area contributed by atoms with E-state index >= 15 is 0 Å². The van der Waals surface area contributed by atoms with E-state index in [1.54, 1.807) is 0 Å². The predicted molar refractivity (Wildman–Crippen MR) is 76.2 cm³/mol. The zero-order valence-electron chi connectivity index (χ0n) is 11.7. The minimum atomic E-state index is 0.566. The topological polar surface area (TPSA) is 44.5 Å². The van der Waals surface area contributed by atoms with Crippen LogP contribution < -0.4 is 15.2 Å².